The van der Waals surface area contributed by atoms with Crippen LogP contribution < -0.4 is 5.73 Å². The number of hydrogen-bond acceptors (Lipinski definition) is 3. The SMILES string of the molecule is Cn1cc(Cc2ncc(N)cn2)c2ccccc21. The molecule has 4 heteroatoms. The van der Waals surface area contributed by atoms with E-state index in [0.29, 0.717) is 5.69 Å². The van der Waals surface area contributed by atoms with E-state index in [0.717, 1.165) is 12.2 Å². The van der Waals surface area contributed by atoms with Crippen molar-refractivity contribution in [2.24, 2.45) is 7.05 Å². The highest BCUT2D eigenvalue weighted by molar-refractivity contribution is 5.84. The molecule has 0 radical (unpaired) electrons. The van der Waals surface area contributed by atoms with Gasteiger partial charge in [0.1, 0.15) is 5.82 Å². The van der Waals surface area contributed by atoms with E-state index in [2.05, 4.69) is 46.0 Å². The number of rotatable bonds is 2. The molecule has 0 bridgehead atoms. The van der Waals surface area contributed by atoms with Crippen LogP contribution in [0.4, 0.5) is 5.69 Å². The summed E-state index contributed by atoms with van der Waals surface area (Å²) in [5, 5.41) is 1.25. The fourth-order valence-corrected chi connectivity index (χ4v) is 2.19. The van der Waals surface area contributed by atoms with Crippen LogP contribution in [0.3, 0.4) is 0 Å². The molecule has 0 fully saturated rings. The molecule has 0 aliphatic carbocycles. The fourth-order valence-electron chi connectivity index (χ4n) is 2.19. The molecule has 0 aliphatic rings. The number of hydrogen-bond donors (Lipinski definition) is 1. The summed E-state index contributed by atoms with van der Waals surface area (Å²) in [7, 11) is 2.05. The summed E-state index contributed by atoms with van der Waals surface area (Å²) in [5.41, 5.74) is 8.64. The van der Waals surface area contributed by atoms with Crippen molar-refractivity contribution in [1.82, 2.24) is 14.5 Å². The predicted molar refractivity (Wildman–Crippen MR) is 72.2 cm³/mol. The number of fused-ring (bicyclic) bond motifs is 1. The lowest BCUT2D eigenvalue weighted by Crippen LogP contribution is -1.97. The van der Waals surface area contributed by atoms with Gasteiger partial charge in [-0.2, -0.15) is 0 Å². The summed E-state index contributed by atoms with van der Waals surface area (Å²) >= 11 is 0. The molecule has 0 unspecified atom stereocenters. The largest absolute Gasteiger partial charge is 0.396 e. The normalized spacial score (nSPS) is 10.9. The first-order valence-corrected chi connectivity index (χ1v) is 5.83. The van der Waals surface area contributed by atoms with Gasteiger partial charge in [0.15, 0.2) is 0 Å². The minimum Gasteiger partial charge on any atom is -0.396 e. The quantitative estimate of drug-likeness (QED) is 0.744. The average Bonchev–Trinajstić information content (AvgIpc) is 2.70. The maximum Gasteiger partial charge on any atom is 0.132 e. The Kier molecular flexibility index (Phi) is 2.48. The van der Waals surface area contributed by atoms with Gasteiger partial charge in [-0.1, -0.05) is 18.2 Å². The minimum atomic E-state index is 0.594. The number of anilines is 1. The standard InChI is InChI=1S/C14H14N4/c1-18-9-10(12-4-2-3-5-13(12)18)6-14-16-7-11(15)8-17-14/h2-5,7-9H,6,15H2,1H3. The molecule has 2 heterocycles. The second kappa shape index (κ2) is 4.14. The van der Waals surface area contributed by atoms with Crippen molar-refractivity contribution in [3.63, 3.8) is 0 Å². The Balaban J connectivity index is 2.02. The molecule has 0 saturated carbocycles. The van der Waals surface area contributed by atoms with Crippen LogP contribution in [0.5, 0.6) is 0 Å². The second-order valence-corrected chi connectivity index (χ2v) is 4.39. The Morgan fingerprint density at radius 2 is 1.89 bits per heavy atom. The third-order valence-electron chi connectivity index (χ3n) is 3.05. The lowest BCUT2D eigenvalue weighted by Gasteiger charge is -1.99. The van der Waals surface area contributed by atoms with Crippen LogP contribution in [0.1, 0.15) is 11.4 Å². The molecule has 2 aromatic heterocycles. The van der Waals surface area contributed by atoms with Crippen LogP contribution in [0.25, 0.3) is 10.9 Å². The van der Waals surface area contributed by atoms with E-state index in [4.69, 9.17) is 5.73 Å². The van der Waals surface area contributed by atoms with E-state index in [1.807, 2.05) is 6.07 Å². The van der Waals surface area contributed by atoms with Gasteiger partial charge in [-0.15, -0.1) is 0 Å². The fraction of sp³-hybridized carbons (Fsp3) is 0.143. The van der Waals surface area contributed by atoms with Crippen molar-refractivity contribution in [3.8, 4) is 0 Å². The monoisotopic (exact) mass is 238 g/mol. The Morgan fingerprint density at radius 1 is 1.17 bits per heavy atom. The van der Waals surface area contributed by atoms with Gasteiger partial charge in [0.05, 0.1) is 18.1 Å². The molecule has 0 saturated heterocycles. The molecule has 0 aliphatic heterocycles. The van der Waals surface area contributed by atoms with Crippen molar-refractivity contribution in [2.45, 2.75) is 6.42 Å². The lowest BCUT2D eigenvalue weighted by molar-refractivity contribution is 0.936. The topological polar surface area (TPSA) is 56.7 Å². The van der Waals surface area contributed by atoms with Gasteiger partial charge in [-0.05, 0) is 11.6 Å². The maximum absolute atomic E-state index is 5.59. The van der Waals surface area contributed by atoms with Crippen LogP contribution in [0, 0.1) is 0 Å². The van der Waals surface area contributed by atoms with Gasteiger partial charge in [0, 0.05) is 30.6 Å². The van der Waals surface area contributed by atoms with E-state index in [1.54, 1.807) is 12.4 Å². The van der Waals surface area contributed by atoms with Gasteiger partial charge < -0.3 is 10.3 Å². The molecule has 0 spiro atoms. The highest BCUT2D eigenvalue weighted by atomic mass is 14.9. The number of nitrogens with zero attached hydrogens (tertiary/aromatic N) is 3. The van der Waals surface area contributed by atoms with Gasteiger partial charge >= 0.3 is 0 Å². The molecule has 18 heavy (non-hydrogen) atoms. The Labute approximate surface area is 105 Å². The van der Waals surface area contributed by atoms with Crippen LogP contribution in [0.15, 0.2) is 42.9 Å². The number of para-hydroxylation sites is 1. The van der Waals surface area contributed by atoms with E-state index in [9.17, 15) is 0 Å². The molecule has 0 amide bonds. The predicted octanol–water partition coefficient (Wildman–Crippen LogP) is 2.14. The summed E-state index contributed by atoms with van der Waals surface area (Å²) in [6.07, 6.45) is 6.15. The smallest absolute Gasteiger partial charge is 0.132 e. The van der Waals surface area contributed by atoms with Crippen LogP contribution in [0.2, 0.25) is 0 Å². The highest BCUT2D eigenvalue weighted by Gasteiger charge is 2.07. The summed E-state index contributed by atoms with van der Waals surface area (Å²) in [5.74, 6) is 0.792. The molecular weight excluding hydrogens is 224 g/mol. The van der Waals surface area contributed by atoms with Crippen LogP contribution in [-0.4, -0.2) is 14.5 Å². The summed E-state index contributed by atoms with van der Waals surface area (Å²) in [6.45, 7) is 0. The average molecular weight is 238 g/mol. The lowest BCUT2D eigenvalue weighted by atomic mass is 10.1. The second-order valence-electron chi connectivity index (χ2n) is 4.39. The number of benzene rings is 1. The summed E-state index contributed by atoms with van der Waals surface area (Å²) in [4.78, 5) is 8.49. The van der Waals surface area contributed by atoms with Crippen molar-refractivity contribution in [2.75, 3.05) is 5.73 Å². The van der Waals surface area contributed by atoms with Crippen LogP contribution >= 0.6 is 0 Å². The van der Waals surface area contributed by atoms with Crippen molar-refractivity contribution in [1.29, 1.82) is 0 Å². The number of nitrogens with two attached hydrogens (primary N) is 1. The third-order valence-corrected chi connectivity index (χ3v) is 3.05. The molecule has 1 aromatic carbocycles. The molecule has 3 aromatic rings. The van der Waals surface area contributed by atoms with E-state index in [1.165, 1.54) is 16.5 Å². The third kappa shape index (κ3) is 1.82. The molecule has 4 nitrogen and oxygen atoms in total. The van der Waals surface area contributed by atoms with Crippen molar-refractivity contribution >= 4 is 16.6 Å². The van der Waals surface area contributed by atoms with E-state index in [-0.39, 0.29) is 0 Å². The number of aromatic nitrogens is 3. The van der Waals surface area contributed by atoms with Gasteiger partial charge in [-0.3, -0.25) is 0 Å². The summed E-state index contributed by atoms with van der Waals surface area (Å²) in [6, 6.07) is 8.34. The highest BCUT2D eigenvalue weighted by Crippen LogP contribution is 2.21. The number of nitrogen functional groups attached to an aromatic ring is 1. The first kappa shape index (κ1) is 10.8. The molecule has 90 valence electrons. The van der Waals surface area contributed by atoms with Crippen molar-refractivity contribution in [3.05, 3.63) is 54.2 Å². The zero-order valence-corrected chi connectivity index (χ0v) is 10.2. The van der Waals surface area contributed by atoms with Gasteiger partial charge in [0.25, 0.3) is 0 Å². The summed E-state index contributed by atoms with van der Waals surface area (Å²) < 4.78 is 2.13. The Bertz CT molecular complexity index is 683. The first-order valence-electron chi connectivity index (χ1n) is 5.83. The molecule has 3 rings (SSSR count). The number of aryl methyl sites for hydroxylation is 1. The zero-order valence-electron chi connectivity index (χ0n) is 10.2. The molecule has 0 atom stereocenters. The Morgan fingerprint density at radius 3 is 2.67 bits per heavy atom. The Hall–Kier alpha value is -2.36. The van der Waals surface area contributed by atoms with Gasteiger partial charge in [-0.25, -0.2) is 9.97 Å². The molecular formula is C14H14N4. The minimum absolute atomic E-state index is 0.594. The van der Waals surface area contributed by atoms with Crippen LogP contribution in [-0.2, 0) is 13.5 Å². The first-order chi connectivity index (χ1) is 8.74. The van der Waals surface area contributed by atoms with E-state index < -0.39 is 0 Å². The maximum atomic E-state index is 5.59. The zero-order chi connectivity index (χ0) is 12.5. The van der Waals surface area contributed by atoms with Gasteiger partial charge in [0.2, 0.25) is 0 Å². The molecule has 2 N–H and O–H groups in total. The van der Waals surface area contributed by atoms with E-state index >= 15 is 0 Å². The van der Waals surface area contributed by atoms with Crippen molar-refractivity contribution < 1.29 is 0 Å².